The van der Waals surface area contributed by atoms with Gasteiger partial charge in [0.2, 0.25) is 5.91 Å². The van der Waals surface area contributed by atoms with Crippen molar-refractivity contribution in [1.29, 1.82) is 0 Å². The third-order valence-electron chi connectivity index (χ3n) is 6.64. The highest BCUT2D eigenvalue weighted by Crippen LogP contribution is 2.27. The molecule has 0 bridgehead atoms. The maximum absolute atomic E-state index is 13.5. The highest BCUT2D eigenvalue weighted by Gasteiger charge is 2.28. The predicted octanol–water partition coefficient (Wildman–Crippen LogP) is 4.57. The Labute approximate surface area is 213 Å². The zero-order chi connectivity index (χ0) is 26.2. The number of nitrogens with one attached hydrogen (secondary N) is 1. The molecule has 1 aliphatic rings. The number of nitrogens with zero attached hydrogens (tertiary/aromatic N) is 2. The largest absolute Gasteiger partial charge is 0.491 e. The van der Waals surface area contributed by atoms with Crippen LogP contribution in [-0.2, 0) is 16.1 Å². The number of methoxy groups -OCH3 is 1. The lowest BCUT2D eigenvalue weighted by Crippen LogP contribution is -2.46. The molecule has 0 aromatic heterocycles. The number of likely N-dealkylation sites (N-methyl/N-ethyl adjacent to an activating group) is 1. The molecule has 2 aromatic rings. The number of carbonyl (C=O) groups excluding carboxylic acids is 2. The van der Waals surface area contributed by atoms with Crippen molar-refractivity contribution in [3.8, 4) is 5.75 Å². The average Bonchev–Trinajstić information content (AvgIpc) is 2.85. The molecule has 7 nitrogen and oxygen atoms in total. The summed E-state index contributed by atoms with van der Waals surface area (Å²) in [5, 5.41) is 2.88. The van der Waals surface area contributed by atoms with Crippen molar-refractivity contribution in [2.45, 2.75) is 52.3 Å². The van der Waals surface area contributed by atoms with Crippen LogP contribution in [0.2, 0.25) is 0 Å². The van der Waals surface area contributed by atoms with Gasteiger partial charge in [-0.3, -0.25) is 14.5 Å². The molecule has 0 radical (unpaired) electrons. The van der Waals surface area contributed by atoms with Crippen LogP contribution in [-0.4, -0.2) is 67.6 Å². The number of fused-ring (bicyclic) bond motifs is 1. The standard InChI is InChI=1S/C28H38FN3O4/c1-6-7-27(33)30-23-12-13-24-25(14-23)36-18-20(3)32(16-21-8-10-22(29)11-9-21)15-19(2)26(35-5)17-31(4)28(24)34/h8-14,19-20,26H,6-7,15-18H2,1-5H3,(H,30,33)/t19-,20+,26-/m1/s1. The minimum Gasteiger partial charge on any atom is -0.491 e. The van der Waals surface area contributed by atoms with Crippen LogP contribution >= 0.6 is 0 Å². The first-order valence-corrected chi connectivity index (χ1v) is 12.5. The van der Waals surface area contributed by atoms with E-state index in [2.05, 4.69) is 24.1 Å². The Kier molecular flexibility index (Phi) is 9.84. The summed E-state index contributed by atoms with van der Waals surface area (Å²) in [6.07, 6.45) is 1.00. The number of carbonyl (C=O) groups is 2. The van der Waals surface area contributed by atoms with Gasteiger partial charge >= 0.3 is 0 Å². The minimum atomic E-state index is -0.261. The molecular formula is C28H38FN3O4. The zero-order valence-corrected chi connectivity index (χ0v) is 21.9. The summed E-state index contributed by atoms with van der Waals surface area (Å²) in [7, 11) is 3.42. The Bertz CT molecular complexity index is 1030. The first kappa shape index (κ1) is 27.6. The molecule has 2 aromatic carbocycles. The highest BCUT2D eigenvalue weighted by atomic mass is 19.1. The quantitative estimate of drug-likeness (QED) is 0.631. The molecule has 0 aliphatic carbocycles. The van der Waals surface area contributed by atoms with Gasteiger partial charge in [0.05, 0.1) is 11.7 Å². The third-order valence-corrected chi connectivity index (χ3v) is 6.64. The van der Waals surface area contributed by atoms with E-state index in [4.69, 9.17) is 9.47 Å². The summed E-state index contributed by atoms with van der Waals surface area (Å²) in [5.41, 5.74) is 2.03. The van der Waals surface area contributed by atoms with Crippen LogP contribution in [0.5, 0.6) is 5.75 Å². The van der Waals surface area contributed by atoms with E-state index in [1.807, 2.05) is 6.92 Å². The van der Waals surface area contributed by atoms with E-state index in [0.717, 1.165) is 12.0 Å². The van der Waals surface area contributed by atoms with E-state index in [1.54, 1.807) is 49.4 Å². The van der Waals surface area contributed by atoms with Crippen LogP contribution in [0.15, 0.2) is 42.5 Å². The monoisotopic (exact) mass is 499 g/mol. The molecule has 196 valence electrons. The molecule has 0 saturated heterocycles. The molecule has 3 rings (SSSR count). The number of benzene rings is 2. The Hall–Kier alpha value is -2.97. The van der Waals surface area contributed by atoms with E-state index >= 15 is 0 Å². The van der Waals surface area contributed by atoms with E-state index < -0.39 is 0 Å². The van der Waals surface area contributed by atoms with E-state index in [9.17, 15) is 14.0 Å². The number of rotatable bonds is 6. The van der Waals surface area contributed by atoms with Crippen molar-refractivity contribution in [2.75, 3.05) is 39.2 Å². The molecule has 1 heterocycles. The summed E-state index contributed by atoms with van der Waals surface area (Å²) in [5.74, 6) is 0.0511. The number of ether oxygens (including phenoxy) is 2. The third kappa shape index (κ3) is 7.27. The maximum Gasteiger partial charge on any atom is 0.257 e. The van der Waals surface area contributed by atoms with Gasteiger partial charge in [0.1, 0.15) is 18.2 Å². The second-order valence-corrected chi connectivity index (χ2v) is 9.66. The molecule has 0 saturated carbocycles. The summed E-state index contributed by atoms with van der Waals surface area (Å²) in [6.45, 7) is 8.23. The summed E-state index contributed by atoms with van der Waals surface area (Å²) in [4.78, 5) is 29.4. The topological polar surface area (TPSA) is 71.1 Å². The van der Waals surface area contributed by atoms with Crippen LogP contribution < -0.4 is 10.1 Å². The SMILES string of the molecule is CCCC(=O)Nc1ccc2c(c1)OC[C@H](C)N(Cc1ccc(F)cc1)C[C@@H](C)[C@H](OC)CN(C)C2=O. The van der Waals surface area contributed by atoms with Crippen molar-refractivity contribution < 1.29 is 23.5 Å². The minimum absolute atomic E-state index is 0.00606. The van der Waals surface area contributed by atoms with Crippen LogP contribution in [0.1, 0.15) is 49.5 Å². The molecule has 3 atom stereocenters. The van der Waals surface area contributed by atoms with E-state index in [0.29, 0.717) is 49.7 Å². The number of hydrogen-bond acceptors (Lipinski definition) is 5. The Morgan fingerprint density at radius 3 is 2.56 bits per heavy atom. The average molecular weight is 500 g/mol. The Morgan fingerprint density at radius 1 is 1.17 bits per heavy atom. The predicted molar refractivity (Wildman–Crippen MR) is 139 cm³/mol. The van der Waals surface area contributed by atoms with Crippen molar-refractivity contribution in [2.24, 2.45) is 5.92 Å². The smallest absolute Gasteiger partial charge is 0.257 e. The van der Waals surface area contributed by atoms with Crippen molar-refractivity contribution >= 4 is 17.5 Å². The van der Waals surface area contributed by atoms with E-state index in [-0.39, 0.29) is 35.7 Å². The van der Waals surface area contributed by atoms with Crippen LogP contribution in [0.3, 0.4) is 0 Å². The molecule has 2 amide bonds. The summed E-state index contributed by atoms with van der Waals surface area (Å²) in [6, 6.07) is 11.7. The van der Waals surface area contributed by atoms with Gasteiger partial charge in [0.15, 0.2) is 0 Å². The fourth-order valence-corrected chi connectivity index (χ4v) is 4.42. The van der Waals surface area contributed by atoms with Crippen molar-refractivity contribution in [3.05, 3.63) is 59.4 Å². The Morgan fingerprint density at radius 2 is 1.89 bits per heavy atom. The Balaban J connectivity index is 1.92. The number of anilines is 1. The van der Waals surface area contributed by atoms with Crippen molar-refractivity contribution in [3.63, 3.8) is 0 Å². The van der Waals surface area contributed by atoms with Gasteiger partial charge in [-0.2, -0.15) is 0 Å². The molecule has 0 unspecified atom stereocenters. The first-order chi connectivity index (χ1) is 17.2. The van der Waals surface area contributed by atoms with Gasteiger partial charge in [-0.1, -0.05) is 26.0 Å². The van der Waals surface area contributed by atoms with Crippen LogP contribution in [0.25, 0.3) is 0 Å². The van der Waals surface area contributed by atoms with E-state index in [1.165, 1.54) is 12.1 Å². The molecule has 8 heteroatoms. The summed E-state index contributed by atoms with van der Waals surface area (Å²) >= 11 is 0. The van der Waals surface area contributed by atoms with Crippen LogP contribution in [0, 0.1) is 11.7 Å². The highest BCUT2D eigenvalue weighted by molar-refractivity contribution is 5.98. The van der Waals surface area contributed by atoms with Gasteiger partial charge in [0, 0.05) is 58.0 Å². The first-order valence-electron chi connectivity index (χ1n) is 12.5. The lowest BCUT2D eigenvalue weighted by atomic mass is 10.0. The lowest BCUT2D eigenvalue weighted by molar-refractivity contribution is -0.116. The van der Waals surface area contributed by atoms with Gasteiger partial charge in [-0.25, -0.2) is 4.39 Å². The van der Waals surface area contributed by atoms with Gasteiger partial charge in [0.25, 0.3) is 5.91 Å². The number of hydrogen-bond donors (Lipinski definition) is 1. The normalized spacial score (nSPS) is 21.7. The molecule has 0 fully saturated rings. The van der Waals surface area contributed by atoms with Gasteiger partial charge in [-0.05, 0) is 49.1 Å². The second kappa shape index (κ2) is 12.8. The van der Waals surface area contributed by atoms with Gasteiger partial charge < -0.3 is 19.7 Å². The fraction of sp³-hybridized carbons (Fsp3) is 0.500. The molecular weight excluding hydrogens is 461 g/mol. The number of halogens is 1. The lowest BCUT2D eigenvalue weighted by Gasteiger charge is -2.36. The van der Waals surface area contributed by atoms with Crippen molar-refractivity contribution in [1.82, 2.24) is 9.80 Å². The molecule has 1 aliphatic heterocycles. The zero-order valence-electron chi connectivity index (χ0n) is 21.9. The molecule has 36 heavy (non-hydrogen) atoms. The van der Waals surface area contributed by atoms with Gasteiger partial charge in [-0.15, -0.1) is 0 Å². The second-order valence-electron chi connectivity index (χ2n) is 9.66. The number of amides is 2. The maximum atomic E-state index is 13.5. The van der Waals surface area contributed by atoms with Crippen LogP contribution in [0.4, 0.5) is 10.1 Å². The fourth-order valence-electron chi connectivity index (χ4n) is 4.42. The summed E-state index contributed by atoms with van der Waals surface area (Å²) < 4.78 is 25.5. The molecule has 0 spiro atoms. The molecule has 1 N–H and O–H groups in total.